The van der Waals surface area contributed by atoms with Gasteiger partial charge < -0.3 is 31.5 Å². The number of nitrogens with zero attached hydrogens (tertiary/aromatic N) is 4. The lowest BCUT2D eigenvalue weighted by molar-refractivity contribution is -0.133. The number of benzene rings is 3. The Bertz CT molecular complexity index is 2110. The minimum atomic E-state index is -0.873. The van der Waals surface area contributed by atoms with Crippen LogP contribution in [0.1, 0.15) is 124 Å². The van der Waals surface area contributed by atoms with E-state index >= 15 is 0 Å². The van der Waals surface area contributed by atoms with Gasteiger partial charge in [0.1, 0.15) is 11.7 Å². The molecule has 6 amide bonds. The third-order valence-corrected chi connectivity index (χ3v) is 13.1. The van der Waals surface area contributed by atoms with Crippen molar-refractivity contribution < 1.29 is 24.0 Å². The van der Waals surface area contributed by atoms with Crippen LogP contribution in [0.25, 0.3) is 11.3 Å². The van der Waals surface area contributed by atoms with E-state index < -0.39 is 23.9 Å². The predicted octanol–water partition coefficient (Wildman–Crippen LogP) is 6.70. The molecule has 4 aromatic rings. The zero-order valence-corrected chi connectivity index (χ0v) is 38.1. The molecule has 14 nitrogen and oxygen atoms in total. The molecule has 1 aromatic heterocycles. The van der Waals surface area contributed by atoms with Gasteiger partial charge in [-0.1, -0.05) is 143 Å². The summed E-state index contributed by atoms with van der Waals surface area (Å²) in [5.74, 6) is -1.86. The molecule has 1 aliphatic heterocycles. The predicted molar refractivity (Wildman–Crippen MR) is 251 cm³/mol. The molecule has 0 bridgehead atoms. The number of carbonyl (C=O) groups is 5. The number of unbranched alkanes of at least 4 members (excludes halogenated alkanes) is 8. The quantitative estimate of drug-likeness (QED) is 0.0486. The molecule has 0 spiro atoms. The van der Waals surface area contributed by atoms with E-state index in [1.807, 2.05) is 36.4 Å². The molecule has 3 fully saturated rings. The van der Waals surface area contributed by atoms with Gasteiger partial charge in [0.25, 0.3) is 5.91 Å². The molecule has 14 heteroatoms. The van der Waals surface area contributed by atoms with E-state index in [1.165, 1.54) is 35.1 Å². The Hall–Kier alpha value is -6.05. The first-order chi connectivity index (χ1) is 31.7. The van der Waals surface area contributed by atoms with Crippen molar-refractivity contribution in [2.45, 2.75) is 127 Å². The highest BCUT2D eigenvalue weighted by molar-refractivity contribution is 5.97. The van der Waals surface area contributed by atoms with E-state index in [0.29, 0.717) is 29.9 Å². The molecule has 7 atom stereocenters. The van der Waals surface area contributed by atoms with Crippen LogP contribution in [-0.2, 0) is 20.9 Å². The minimum absolute atomic E-state index is 0.00592. The first-order valence-corrected chi connectivity index (χ1v) is 24.0. The highest BCUT2D eigenvalue weighted by Crippen LogP contribution is 2.42. The van der Waals surface area contributed by atoms with Gasteiger partial charge in [0.2, 0.25) is 17.7 Å². The van der Waals surface area contributed by atoms with Gasteiger partial charge in [0.05, 0.1) is 24.6 Å². The van der Waals surface area contributed by atoms with Crippen molar-refractivity contribution in [1.82, 2.24) is 46.5 Å². The lowest BCUT2D eigenvalue weighted by Gasteiger charge is -2.19. The van der Waals surface area contributed by atoms with Crippen LogP contribution in [0, 0.1) is 11.8 Å². The molecule has 0 unspecified atom stereocenters. The fourth-order valence-corrected chi connectivity index (χ4v) is 9.00. The van der Waals surface area contributed by atoms with Crippen molar-refractivity contribution in [2.24, 2.45) is 11.8 Å². The second-order valence-electron chi connectivity index (χ2n) is 18.1. The molecule has 346 valence electrons. The van der Waals surface area contributed by atoms with Crippen LogP contribution in [0.2, 0.25) is 0 Å². The number of nitrogens with one attached hydrogen (secondary N) is 5. The maximum atomic E-state index is 14.1. The Kier molecular flexibility index (Phi) is 16.8. The summed E-state index contributed by atoms with van der Waals surface area (Å²) in [5.41, 5.74) is 4.02. The number of hydrogen-bond acceptors (Lipinski definition) is 7. The highest BCUT2D eigenvalue weighted by atomic mass is 16.2. The Morgan fingerprint density at radius 1 is 0.646 bits per heavy atom. The maximum Gasteiger partial charge on any atom is 0.315 e. The standard InChI is InChI=1S/C51H67N9O5/c1-3-5-7-9-10-18-28-53-51(65)56-46(49(63)52-27-17-8-6-4-2)34-60-33-45(57-58-60)37-23-25-38(26-24-37)50(64)59-31-41(47(61)54-43-29-39(43)35-19-13-11-14-20-35)42(32-59)48(62)55-44-30-40(44)36-21-15-12-16-22-36/h11-16,19-26,33,39-44,46H,3-10,17-18,27-32,34H2,1-2H3,(H,52,63)(H,54,61)(H,55,62)(H2,53,56,65)/t39-,40-,41-,42-,43+,44+,46+/m1/s1. The summed E-state index contributed by atoms with van der Waals surface area (Å²) < 4.78 is 1.54. The van der Waals surface area contributed by atoms with E-state index in [2.05, 4.69) is 75.0 Å². The van der Waals surface area contributed by atoms with Crippen molar-refractivity contribution in [3.05, 3.63) is 108 Å². The van der Waals surface area contributed by atoms with E-state index in [0.717, 1.165) is 57.8 Å². The summed E-state index contributed by atoms with van der Waals surface area (Å²) in [6, 6.07) is 25.9. The molecule has 65 heavy (non-hydrogen) atoms. The van der Waals surface area contributed by atoms with Crippen LogP contribution in [0.4, 0.5) is 4.79 Å². The van der Waals surface area contributed by atoms with E-state index in [1.54, 1.807) is 35.4 Å². The van der Waals surface area contributed by atoms with Gasteiger partial charge in [-0.3, -0.25) is 19.2 Å². The molecule has 5 N–H and O–H groups in total. The first kappa shape index (κ1) is 46.9. The summed E-state index contributed by atoms with van der Waals surface area (Å²) in [4.78, 5) is 69.8. The van der Waals surface area contributed by atoms with Gasteiger partial charge in [0, 0.05) is 61.2 Å². The molecule has 0 radical (unpaired) electrons. The second-order valence-corrected chi connectivity index (χ2v) is 18.1. The van der Waals surface area contributed by atoms with Gasteiger partial charge >= 0.3 is 6.03 Å². The van der Waals surface area contributed by atoms with Gasteiger partial charge in [0.15, 0.2) is 0 Å². The monoisotopic (exact) mass is 886 g/mol. The average Bonchev–Trinajstić information content (AvgIpc) is 4.16. The zero-order valence-electron chi connectivity index (χ0n) is 38.1. The molecule has 2 saturated carbocycles. The molecule has 1 saturated heterocycles. The Labute approximate surface area is 383 Å². The smallest absolute Gasteiger partial charge is 0.315 e. The fraction of sp³-hybridized carbons (Fsp3) is 0.510. The number of carbonyl (C=O) groups excluding carboxylic acids is 5. The third-order valence-electron chi connectivity index (χ3n) is 13.1. The van der Waals surface area contributed by atoms with Gasteiger partial charge in [-0.2, -0.15) is 0 Å². The van der Waals surface area contributed by atoms with Crippen LogP contribution in [0.3, 0.4) is 0 Å². The van der Waals surface area contributed by atoms with Crippen LogP contribution >= 0.6 is 0 Å². The van der Waals surface area contributed by atoms with Gasteiger partial charge in [-0.05, 0) is 48.9 Å². The van der Waals surface area contributed by atoms with Crippen LogP contribution in [0.15, 0.2) is 91.1 Å². The van der Waals surface area contributed by atoms with Crippen molar-refractivity contribution in [3.63, 3.8) is 0 Å². The Morgan fingerprint density at radius 3 is 1.74 bits per heavy atom. The average molecular weight is 886 g/mol. The minimum Gasteiger partial charge on any atom is -0.354 e. The van der Waals surface area contributed by atoms with Crippen molar-refractivity contribution in [1.29, 1.82) is 0 Å². The summed E-state index contributed by atoms with van der Waals surface area (Å²) in [6.07, 6.45) is 14.1. The molecule has 2 heterocycles. The van der Waals surface area contributed by atoms with Crippen molar-refractivity contribution in [2.75, 3.05) is 26.2 Å². The zero-order chi connectivity index (χ0) is 45.5. The van der Waals surface area contributed by atoms with Crippen molar-refractivity contribution >= 4 is 29.7 Å². The van der Waals surface area contributed by atoms with Crippen LogP contribution in [0.5, 0.6) is 0 Å². The fourth-order valence-electron chi connectivity index (χ4n) is 9.00. The SMILES string of the molecule is CCCCCCCCNC(=O)N[C@@H](Cn1cc(-c2ccc(C(=O)N3C[C@@H](C(=O)N[C@H]4C[C@@H]4c4ccccc4)[C@H](C(=O)N[C@H]4C[C@@H]4c4ccccc4)C3)cc2)nn1)C(=O)NCCCCCC. The Balaban J connectivity index is 0.968. The van der Waals surface area contributed by atoms with E-state index in [4.69, 9.17) is 0 Å². The number of urea groups is 1. The second kappa shape index (κ2) is 23.2. The first-order valence-electron chi connectivity index (χ1n) is 24.0. The lowest BCUT2D eigenvalue weighted by atomic mass is 9.94. The van der Waals surface area contributed by atoms with Crippen molar-refractivity contribution in [3.8, 4) is 11.3 Å². The number of rotatable bonds is 24. The summed E-state index contributed by atoms with van der Waals surface area (Å²) in [6.45, 7) is 5.72. The van der Waals surface area contributed by atoms with E-state index in [-0.39, 0.29) is 67.2 Å². The highest BCUT2D eigenvalue weighted by Gasteiger charge is 2.49. The van der Waals surface area contributed by atoms with E-state index in [9.17, 15) is 24.0 Å². The summed E-state index contributed by atoms with van der Waals surface area (Å²) >= 11 is 0. The van der Waals surface area contributed by atoms with Gasteiger partial charge in [-0.15, -0.1) is 5.10 Å². The van der Waals surface area contributed by atoms with Crippen LogP contribution in [-0.4, -0.2) is 93.9 Å². The van der Waals surface area contributed by atoms with Crippen LogP contribution < -0.4 is 26.6 Å². The largest absolute Gasteiger partial charge is 0.354 e. The number of aromatic nitrogens is 3. The molecular formula is C51H67N9O5. The number of amides is 6. The molecule has 3 aliphatic rings. The number of likely N-dealkylation sites (tertiary alicyclic amines) is 1. The summed E-state index contributed by atoms with van der Waals surface area (Å²) in [7, 11) is 0. The Morgan fingerprint density at radius 2 is 1.17 bits per heavy atom. The topological polar surface area (TPSA) is 179 Å². The summed E-state index contributed by atoms with van der Waals surface area (Å²) in [5, 5.41) is 23.7. The molecule has 7 rings (SSSR count). The third kappa shape index (κ3) is 13.3. The molecule has 2 aliphatic carbocycles. The lowest BCUT2D eigenvalue weighted by Crippen LogP contribution is -2.52. The molecule has 3 aromatic carbocycles. The number of hydrogen-bond donors (Lipinski definition) is 5. The maximum absolute atomic E-state index is 14.1. The molecular weight excluding hydrogens is 819 g/mol. The normalized spacial score (nSPS) is 21.2. The van der Waals surface area contributed by atoms with Gasteiger partial charge in [-0.25, -0.2) is 9.48 Å².